The molecule has 4 rings (SSSR count). The van der Waals surface area contributed by atoms with E-state index < -0.39 is 11.7 Å². The van der Waals surface area contributed by atoms with E-state index in [1.165, 1.54) is 12.1 Å². The zero-order valence-electron chi connectivity index (χ0n) is 16.8. The van der Waals surface area contributed by atoms with E-state index in [1.807, 2.05) is 40.1 Å². The van der Waals surface area contributed by atoms with Gasteiger partial charge < -0.3 is 9.80 Å². The molecule has 2 aliphatic rings. The molecule has 1 atom stereocenters. The fourth-order valence-electron chi connectivity index (χ4n) is 4.42. The van der Waals surface area contributed by atoms with Crippen LogP contribution in [0.1, 0.15) is 28.8 Å². The van der Waals surface area contributed by atoms with Crippen molar-refractivity contribution in [2.45, 2.75) is 25.1 Å². The fraction of sp³-hybridized carbons (Fsp3) is 0.435. The number of hydrogen-bond acceptors (Lipinski definition) is 3. The van der Waals surface area contributed by atoms with Gasteiger partial charge in [-0.1, -0.05) is 24.3 Å². The maximum absolute atomic E-state index is 13.0. The molecule has 2 heterocycles. The molecular weight excluding hydrogens is 391 g/mol. The molecule has 0 radical (unpaired) electrons. The highest BCUT2D eigenvalue weighted by molar-refractivity contribution is 5.94. The van der Waals surface area contributed by atoms with Gasteiger partial charge in [0.2, 0.25) is 0 Å². The van der Waals surface area contributed by atoms with Gasteiger partial charge in [0.05, 0.1) is 5.56 Å². The quantitative estimate of drug-likeness (QED) is 0.751. The molecule has 2 aromatic carbocycles. The van der Waals surface area contributed by atoms with Crippen LogP contribution >= 0.6 is 0 Å². The summed E-state index contributed by atoms with van der Waals surface area (Å²) in [5, 5.41) is 0. The maximum atomic E-state index is 13.0. The second-order valence-electron chi connectivity index (χ2n) is 7.98. The summed E-state index contributed by atoms with van der Waals surface area (Å²) in [5.41, 5.74) is 0.728. The van der Waals surface area contributed by atoms with Crippen molar-refractivity contribution in [3.8, 4) is 0 Å². The molecular formula is C23H26F3N3O. The number of halogens is 3. The number of likely N-dealkylation sites (tertiary alicyclic amines) is 1. The third-order valence-corrected chi connectivity index (χ3v) is 6.07. The Morgan fingerprint density at radius 1 is 0.900 bits per heavy atom. The van der Waals surface area contributed by atoms with Gasteiger partial charge in [0.1, 0.15) is 0 Å². The van der Waals surface area contributed by atoms with Crippen LogP contribution in [0.25, 0.3) is 0 Å². The third-order valence-electron chi connectivity index (χ3n) is 6.07. The van der Waals surface area contributed by atoms with E-state index in [1.54, 1.807) is 6.07 Å². The summed E-state index contributed by atoms with van der Waals surface area (Å²) in [7, 11) is 0. The first kappa shape index (κ1) is 20.7. The summed E-state index contributed by atoms with van der Waals surface area (Å²) in [6, 6.07) is 15.2. The molecule has 0 bridgehead atoms. The number of carbonyl (C=O) groups is 1. The van der Waals surface area contributed by atoms with Crippen molar-refractivity contribution in [3.63, 3.8) is 0 Å². The number of benzene rings is 2. The minimum atomic E-state index is -4.32. The first-order valence-corrected chi connectivity index (χ1v) is 10.4. The van der Waals surface area contributed by atoms with E-state index in [9.17, 15) is 18.0 Å². The Kier molecular flexibility index (Phi) is 5.99. The summed E-state index contributed by atoms with van der Waals surface area (Å²) < 4.78 is 39.0. The molecule has 30 heavy (non-hydrogen) atoms. The molecule has 0 aliphatic carbocycles. The lowest BCUT2D eigenvalue weighted by atomic mass is 10.0. The number of rotatable bonds is 3. The molecule has 4 nitrogen and oxygen atoms in total. The SMILES string of the molecule is O=C(c1ccccc1)N1CCC[C@@H](N2CCN(c3cccc(C(F)(F)F)c3)CC2)C1. The number of piperidine rings is 1. The van der Waals surface area contributed by atoms with Crippen LogP contribution in [0.4, 0.5) is 18.9 Å². The van der Waals surface area contributed by atoms with Gasteiger partial charge in [0.25, 0.3) is 5.91 Å². The Hall–Kier alpha value is -2.54. The lowest BCUT2D eigenvalue weighted by molar-refractivity contribution is -0.137. The van der Waals surface area contributed by atoms with Gasteiger partial charge in [-0.15, -0.1) is 0 Å². The van der Waals surface area contributed by atoms with Crippen molar-refractivity contribution in [2.75, 3.05) is 44.2 Å². The van der Waals surface area contributed by atoms with Crippen LogP contribution in [0.2, 0.25) is 0 Å². The molecule has 160 valence electrons. The monoisotopic (exact) mass is 417 g/mol. The number of alkyl halides is 3. The zero-order valence-corrected chi connectivity index (χ0v) is 16.8. The first-order chi connectivity index (χ1) is 14.4. The molecule has 2 aliphatic heterocycles. The molecule has 0 aromatic heterocycles. The van der Waals surface area contributed by atoms with Crippen LogP contribution in [-0.4, -0.2) is 61.0 Å². The Morgan fingerprint density at radius 3 is 2.33 bits per heavy atom. The van der Waals surface area contributed by atoms with Crippen LogP contribution in [-0.2, 0) is 6.18 Å². The average molecular weight is 417 g/mol. The van der Waals surface area contributed by atoms with Crippen LogP contribution in [0.5, 0.6) is 0 Å². The van der Waals surface area contributed by atoms with Crippen molar-refractivity contribution >= 4 is 11.6 Å². The van der Waals surface area contributed by atoms with Gasteiger partial charge in [-0.2, -0.15) is 13.2 Å². The lowest BCUT2D eigenvalue weighted by Crippen LogP contribution is -2.55. The molecule has 2 saturated heterocycles. The predicted molar refractivity (Wildman–Crippen MR) is 111 cm³/mol. The topological polar surface area (TPSA) is 26.8 Å². The summed E-state index contributed by atoms with van der Waals surface area (Å²) >= 11 is 0. The van der Waals surface area contributed by atoms with Crippen molar-refractivity contribution in [1.82, 2.24) is 9.80 Å². The highest BCUT2D eigenvalue weighted by Gasteiger charge is 2.32. The van der Waals surface area contributed by atoms with Gasteiger partial charge in [0.15, 0.2) is 0 Å². The molecule has 1 amide bonds. The standard InChI is InChI=1S/C23H26F3N3O/c24-23(25,26)19-8-4-9-20(16-19)27-12-14-28(15-13-27)21-10-5-11-29(17-21)22(30)18-6-2-1-3-7-18/h1-4,6-9,16,21H,5,10-15,17H2/t21-/m1/s1. The number of anilines is 1. The molecule has 0 saturated carbocycles. The first-order valence-electron chi connectivity index (χ1n) is 10.4. The Balaban J connectivity index is 1.35. The van der Waals surface area contributed by atoms with E-state index in [0.717, 1.165) is 38.5 Å². The second-order valence-corrected chi connectivity index (χ2v) is 7.98. The Labute approximate surface area is 174 Å². The van der Waals surface area contributed by atoms with Crippen LogP contribution in [0.15, 0.2) is 54.6 Å². The third kappa shape index (κ3) is 4.61. The minimum Gasteiger partial charge on any atom is -0.369 e. The normalized spacial score (nSPS) is 21.0. The van der Waals surface area contributed by atoms with Crippen LogP contribution in [0.3, 0.4) is 0 Å². The predicted octanol–water partition coefficient (Wildman–Crippen LogP) is 4.13. The molecule has 0 spiro atoms. The van der Waals surface area contributed by atoms with E-state index in [2.05, 4.69) is 4.90 Å². The van der Waals surface area contributed by atoms with Crippen molar-refractivity contribution in [2.24, 2.45) is 0 Å². The summed E-state index contributed by atoms with van der Waals surface area (Å²) in [5.74, 6) is 0.0721. The van der Waals surface area contributed by atoms with Gasteiger partial charge in [-0.05, 0) is 43.2 Å². The smallest absolute Gasteiger partial charge is 0.369 e. The van der Waals surface area contributed by atoms with E-state index >= 15 is 0 Å². The number of amides is 1. The molecule has 0 unspecified atom stereocenters. The fourth-order valence-corrected chi connectivity index (χ4v) is 4.42. The lowest BCUT2D eigenvalue weighted by Gasteiger charge is -2.44. The average Bonchev–Trinajstić information content (AvgIpc) is 2.79. The molecule has 2 aromatic rings. The van der Waals surface area contributed by atoms with E-state index in [4.69, 9.17) is 0 Å². The van der Waals surface area contributed by atoms with Gasteiger partial charge in [-0.25, -0.2) is 0 Å². The van der Waals surface area contributed by atoms with E-state index in [0.29, 0.717) is 36.9 Å². The summed E-state index contributed by atoms with van der Waals surface area (Å²) in [6.45, 7) is 4.42. The number of nitrogens with zero attached hydrogens (tertiary/aromatic N) is 3. The number of carbonyl (C=O) groups excluding carboxylic acids is 1. The largest absolute Gasteiger partial charge is 0.416 e. The minimum absolute atomic E-state index is 0.0721. The number of piperazine rings is 1. The summed E-state index contributed by atoms with van der Waals surface area (Å²) in [4.78, 5) is 19.1. The van der Waals surface area contributed by atoms with Gasteiger partial charge in [0, 0.05) is 56.6 Å². The molecule has 7 heteroatoms. The van der Waals surface area contributed by atoms with Gasteiger partial charge >= 0.3 is 6.18 Å². The van der Waals surface area contributed by atoms with Crippen LogP contribution < -0.4 is 4.90 Å². The zero-order chi connectivity index (χ0) is 21.1. The van der Waals surface area contributed by atoms with Crippen molar-refractivity contribution in [3.05, 3.63) is 65.7 Å². The Bertz CT molecular complexity index is 863. The Morgan fingerprint density at radius 2 is 1.63 bits per heavy atom. The van der Waals surface area contributed by atoms with E-state index in [-0.39, 0.29) is 5.91 Å². The molecule has 0 N–H and O–H groups in total. The van der Waals surface area contributed by atoms with Crippen molar-refractivity contribution < 1.29 is 18.0 Å². The van der Waals surface area contributed by atoms with Gasteiger partial charge in [-0.3, -0.25) is 9.69 Å². The second kappa shape index (κ2) is 8.68. The van der Waals surface area contributed by atoms with Crippen molar-refractivity contribution in [1.29, 1.82) is 0 Å². The molecule has 2 fully saturated rings. The highest BCUT2D eigenvalue weighted by atomic mass is 19.4. The number of hydrogen-bond donors (Lipinski definition) is 0. The van der Waals surface area contributed by atoms with Crippen LogP contribution in [0, 0.1) is 0 Å². The highest BCUT2D eigenvalue weighted by Crippen LogP contribution is 2.32. The summed E-state index contributed by atoms with van der Waals surface area (Å²) in [6.07, 6.45) is -2.31. The maximum Gasteiger partial charge on any atom is 0.416 e.